The Labute approximate surface area is 93.6 Å². The van der Waals surface area contributed by atoms with Gasteiger partial charge in [-0.15, -0.1) is 11.6 Å². The highest BCUT2D eigenvalue weighted by molar-refractivity contribution is 14.1. The van der Waals surface area contributed by atoms with Crippen molar-refractivity contribution in [3.8, 4) is 0 Å². The molecular formula is C8H7BrClI. The molecule has 0 aliphatic carbocycles. The molecule has 0 radical (unpaired) electrons. The smallest absolute Gasteiger partial charge is 0.0484 e. The predicted molar refractivity (Wildman–Crippen MR) is 61.2 cm³/mol. The van der Waals surface area contributed by atoms with Gasteiger partial charge in [-0.2, -0.15) is 0 Å². The maximum absolute atomic E-state index is 5.74. The van der Waals surface area contributed by atoms with Crippen LogP contribution in [0.25, 0.3) is 0 Å². The quantitative estimate of drug-likeness (QED) is 0.531. The molecule has 0 nitrogen and oxygen atoms in total. The summed E-state index contributed by atoms with van der Waals surface area (Å²) in [6.45, 7) is 2.09. The lowest BCUT2D eigenvalue weighted by atomic mass is 10.2. The number of halogens is 3. The topological polar surface area (TPSA) is 0 Å². The SMILES string of the molecule is Cc1c(Br)ccc(CCl)c1I. The first-order valence-corrected chi connectivity index (χ1v) is 5.57. The summed E-state index contributed by atoms with van der Waals surface area (Å²) in [7, 11) is 0. The van der Waals surface area contributed by atoms with E-state index in [0.717, 1.165) is 4.47 Å². The minimum atomic E-state index is 0.590. The van der Waals surface area contributed by atoms with Crippen LogP contribution in [0.1, 0.15) is 11.1 Å². The van der Waals surface area contributed by atoms with Crippen LogP contribution in [-0.4, -0.2) is 0 Å². The van der Waals surface area contributed by atoms with Crippen LogP contribution in [0.3, 0.4) is 0 Å². The maximum atomic E-state index is 5.74. The molecule has 3 heteroatoms. The number of benzene rings is 1. The van der Waals surface area contributed by atoms with Crippen LogP contribution in [0.15, 0.2) is 16.6 Å². The molecule has 0 spiro atoms. The van der Waals surface area contributed by atoms with Gasteiger partial charge in [-0.3, -0.25) is 0 Å². The van der Waals surface area contributed by atoms with Crippen molar-refractivity contribution in [1.29, 1.82) is 0 Å². The molecule has 0 amide bonds. The van der Waals surface area contributed by atoms with Crippen molar-refractivity contribution < 1.29 is 0 Å². The van der Waals surface area contributed by atoms with E-state index in [-0.39, 0.29) is 0 Å². The van der Waals surface area contributed by atoms with E-state index in [1.54, 1.807) is 0 Å². The van der Waals surface area contributed by atoms with Gasteiger partial charge in [0.25, 0.3) is 0 Å². The second-order valence-electron chi connectivity index (χ2n) is 2.28. The molecule has 0 aromatic heterocycles. The maximum Gasteiger partial charge on any atom is 0.0484 e. The summed E-state index contributed by atoms with van der Waals surface area (Å²) >= 11 is 11.5. The standard InChI is InChI=1S/C8H7BrClI/c1-5-7(9)3-2-6(4-10)8(5)11/h2-3H,4H2,1H3. The Morgan fingerprint density at radius 1 is 1.55 bits per heavy atom. The molecular weight excluding hydrogens is 338 g/mol. The molecule has 0 aliphatic rings. The highest BCUT2D eigenvalue weighted by atomic mass is 127. The minimum Gasteiger partial charge on any atom is -0.122 e. The minimum absolute atomic E-state index is 0.590. The number of alkyl halides is 1. The molecule has 1 aromatic carbocycles. The van der Waals surface area contributed by atoms with Gasteiger partial charge in [0, 0.05) is 13.9 Å². The number of hydrogen-bond acceptors (Lipinski definition) is 0. The fourth-order valence-corrected chi connectivity index (χ4v) is 2.63. The summed E-state index contributed by atoms with van der Waals surface area (Å²) in [6, 6.07) is 4.08. The summed E-state index contributed by atoms with van der Waals surface area (Å²) in [4.78, 5) is 0. The van der Waals surface area contributed by atoms with Crippen LogP contribution in [0, 0.1) is 10.5 Å². The fourth-order valence-electron chi connectivity index (χ4n) is 0.821. The zero-order valence-electron chi connectivity index (χ0n) is 6.00. The monoisotopic (exact) mass is 344 g/mol. The Kier molecular flexibility index (Phi) is 3.65. The zero-order chi connectivity index (χ0) is 8.43. The first-order valence-electron chi connectivity index (χ1n) is 3.16. The normalized spacial score (nSPS) is 10.2. The molecule has 1 aromatic rings. The molecule has 0 bridgehead atoms. The predicted octanol–water partition coefficient (Wildman–Crippen LogP) is 4.10. The third-order valence-corrected chi connectivity index (χ3v) is 4.19. The first kappa shape index (κ1) is 9.81. The lowest BCUT2D eigenvalue weighted by Gasteiger charge is -2.05. The van der Waals surface area contributed by atoms with Crippen molar-refractivity contribution in [2.75, 3.05) is 0 Å². The molecule has 0 unspecified atom stereocenters. The van der Waals surface area contributed by atoms with Gasteiger partial charge in [0.15, 0.2) is 0 Å². The average molecular weight is 345 g/mol. The Morgan fingerprint density at radius 2 is 2.18 bits per heavy atom. The van der Waals surface area contributed by atoms with Gasteiger partial charge in [0.05, 0.1) is 0 Å². The lowest BCUT2D eigenvalue weighted by Crippen LogP contribution is -1.89. The van der Waals surface area contributed by atoms with E-state index in [1.165, 1.54) is 14.7 Å². The summed E-state index contributed by atoms with van der Waals surface area (Å²) in [5.74, 6) is 0.590. The van der Waals surface area contributed by atoms with E-state index in [0.29, 0.717) is 5.88 Å². The van der Waals surface area contributed by atoms with Gasteiger partial charge < -0.3 is 0 Å². The Bertz CT molecular complexity index is 273. The molecule has 1 rings (SSSR count). The van der Waals surface area contributed by atoms with Crippen molar-refractivity contribution in [1.82, 2.24) is 0 Å². The van der Waals surface area contributed by atoms with Crippen LogP contribution in [0.5, 0.6) is 0 Å². The van der Waals surface area contributed by atoms with E-state index >= 15 is 0 Å². The van der Waals surface area contributed by atoms with E-state index in [2.05, 4.69) is 45.4 Å². The third kappa shape index (κ3) is 2.10. The molecule has 0 N–H and O–H groups in total. The van der Waals surface area contributed by atoms with Crippen molar-refractivity contribution in [2.24, 2.45) is 0 Å². The van der Waals surface area contributed by atoms with E-state index in [9.17, 15) is 0 Å². The van der Waals surface area contributed by atoms with Crippen LogP contribution in [0.2, 0.25) is 0 Å². The second kappa shape index (κ2) is 4.10. The molecule has 11 heavy (non-hydrogen) atoms. The molecule has 0 aliphatic heterocycles. The molecule has 0 saturated carbocycles. The zero-order valence-corrected chi connectivity index (χ0v) is 10.5. The van der Waals surface area contributed by atoms with Crippen LogP contribution in [0.4, 0.5) is 0 Å². The molecule has 60 valence electrons. The summed E-state index contributed by atoms with van der Waals surface area (Å²) in [5, 5.41) is 0. The number of rotatable bonds is 1. The van der Waals surface area contributed by atoms with Crippen LogP contribution < -0.4 is 0 Å². The van der Waals surface area contributed by atoms with E-state index in [1.807, 2.05) is 12.1 Å². The van der Waals surface area contributed by atoms with Gasteiger partial charge in [0.2, 0.25) is 0 Å². The van der Waals surface area contributed by atoms with Crippen molar-refractivity contribution >= 4 is 50.1 Å². The largest absolute Gasteiger partial charge is 0.122 e. The highest BCUT2D eigenvalue weighted by Crippen LogP contribution is 2.25. The summed E-state index contributed by atoms with van der Waals surface area (Å²) in [5.41, 5.74) is 2.47. The van der Waals surface area contributed by atoms with Gasteiger partial charge in [-0.05, 0) is 46.7 Å². The van der Waals surface area contributed by atoms with Crippen LogP contribution in [-0.2, 0) is 5.88 Å². The van der Waals surface area contributed by atoms with Crippen molar-refractivity contribution in [3.05, 3.63) is 31.3 Å². The first-order chi connectivity index (χ1) is 5.16. The van der Waals surface area contributed by atoms with Gasteiger partial charge >= 0.3 is 0 Å². The van der Waals surface area contributed by atoms with Crippen LogP contribution >= 0.6 is 50.1 Å². The van der Waals surface area contributed by atoms with E-state index < -0.39 is 0 Å². The Morgan fingerprint density at radius 3 is 2.73 bits per heavy atom. The second-order valence-corrected chi connectivity index (χ2v) is 4.48. The molecule has 0 heterocycles. The molecule has 0 fully saturated rings. The highest BCUT2D eigenvalue weighted by Gasteiger charge is 2.03. The van der Waals surface area contributed by atoms with Crippen molar-refractivity contribution in [3.63, 3.8) is 0 Å². The Hall–Kier alpha value is 0.720. The Balaban J connectivity index is 3.25. The van der Waals surface area contributed by atoms with Gasteiger partial charge in [-0.1, -0.05) is 22.0 Å². The lowest BCUT2D eigenvalue weighted by molar-refractivity contribution is 1.28. The van der Waals surface area contributed by atoms with Gasteiger partial charge in [0.1, 0.15) is 0 Å². The average Bonchev–Trinajstić information content (AvgIpc) is 2.01. The van der Waals surface area contributed by atoms with E-state index in [4.69, 9.17) is 11.6 Å². The third-order valence-electron chi connectivity index (χ3n) is 1.54. The summed E-state index contributed by atoms with van der Waals surface area (Å²) < 4.78 is 2.41. The fraction of sp³-hybridized carbons (Fsp3) is 0.250. The van der Waals surface area contributed by atoms with Gasteiger partial charge in [-0.25, -0.2) is 0 Å². The summed E-state index contributed by atoms with van der Waals surface area (Å²) in [6.07, 6.45) is 0. The molecule has 0 atom stereocenters. The van der Waals surface area contributed by atoms with Crippen molar-refractivity contribution in [2.45, 2.75) is 12.8 Å². The number of hydrogen-bond donors (Lipinski definition) is 0. The molecule has 0 saturated heterocycles.